The minimum atomic E-state index is -0.560. The van der Waals surface area contributed by atoms with E-state index in [4.69, 9.17) is 33.4 Å². The van der Waals surface area contributed by atoms with Crippen molar-refractivity contribution in [3.63, 3.8) is 0 Å². The van der Waals surface area contributed by atoms with Crippen LogP contribution >= 0.6 is 23.2 Å². The van der Waals surface area contributed by atoms with Gasteiger partial charge in [-0.15, -0.1) is 0 Å². The number of nitrogens with two attached hydrogens (primary N) is 1. The van der Waals surface area contributed by atoms with E-state index >= 15 is 0 Å². The highest BCUT2D eigenvalue weighted by Crippen LogP contribution is 2.32. The predicted octanol–water partition coefficient (Wildman–Crippen LogP) is 4.52. The number of aromatic nitrogens is 1. The second kappa shape index (κ2) is 4.40. The Balaban J connectivity index is 2.23. The van der Waals surface area contributed by atoms with Crippen LogP contribution in [0.2, 0.25) is 10.0 Å². The van der Waals surface area contributed by atoms with Gasteiger partial charge in [0.15, 0.2) is 5.58 Å². The van der Waals surface area contributed by atoms with Gasteiger partial charge < -0.3 is 10.2 Å². The van der Waals surface area contributed by atoms with Gasteiger partial charge in [-0.2, -0.15) is 0 Å². The van der Waals surface area contributed by atoms with E-state index < -0.39 is 5.82 Å². The fourth-order valence-electron chi connectivity index (χ4n) is 1.75. The summed E-state index contributed by atoms with van der Waals surface area (Å²) in [4.78, 5) is 4.23. The predicted molar refractivity (Wildman–Crippen MR) is 73.8 cm³/mol. The Morgan fingerprint density at radius 1 is 1.11 bits per heavy atom. The van der Waals surface area contributed by atoms with E-state index in [9.17, 15) is 4.39 Å². The monoisotopic (exact) mass is 296 g/mol. The lowest BCUT2D eigenvalue weighted by molar-refractivity contribution is 0.602. The molecule has 2 N–H and O–H groups in total. The third-order valence-electron chi connectivity index (χ3n) is 2.65. The van der Waals surface area contributed by atoms with Crippen molar-refractivity contribution >= 4 is 40.0 Å². The minimum absolute atomic E-state index is 0.00831. The molecule has 0 aliphatic carbocycles. The van der Waals surface area contributed by atoms with Crippen molar-refractivity contribution in [2.24, 2.45) is 0 Å². The molecule has 0 amide bonds. The van der Waals surface area contributed by atoms with E-state index in [2.05, 4.69) is 4.98 Å². The van der Waals surface area contributed by atoms with E-state index in [0.717, 1.165) is 0 Å². The lowest BCUT2D eigenvalue weighted by Crippen LogP contribution is -1.86. The summed E-state index contributed by atoms with van der Waals surface area (Å²) in [5.41, 5.74) is 7.54. The molecule has 2 aromatic carbocycles. The smallest absolute Gasteiger partial charge is 0.228 e. The largest absolute Gasteiger partial charge is 0.436 e. The normalized spacial score (nSPS) is 11.1. The molecule has 0 unspecified atom stereocenters. The number of halogens is 3. The first-order chi connectivity index (χ1) is 9.04. The molecule has 1 heterocycles. The van der Waals surface area contributed by atoms with E-state index in [-0.39, 0.29) is 10.9 Å². The van der Waals surface area contributed by atoms with Crippen LogP contribution in [0.3, 0.4) is 0 Å². The number of oxazole rings is 1. The minimum Gasteiger partial charge on any atom is -0.436 e. The zero-order valence-electron chi connectivity index (χ0n) is 9.45. The Morgan fingerprint density at radius 3 is 2.68 bits per heavy atom. The zero-order chi connectivity index (χ0) is 13.6. The van der Waals surface area contributed by atoms with Gasteiger partial charge >= 0.3 is 0 Å². The molecule has 3 aromatic rings. The van der Waals surface area contributed by atoms with Gasteiger partial charge in [-0.25, -0.2) is 9.37 Å². The maximum atomic E-state index is 13.3. The van der Waals surface area contributed by atoms with Gasteiger partial charge in [0.1, 0.15) is 11.3 Å². The lowest BCUT2D eigenvalue weighted by atomic mass is 10.2. The third-order valence-corrected chi connectivity index (χ3v) is 3.27. The maximum absolute atomic E-state index is 13.3. The van der Waals surface area contributed by atoms with Crippen LogP contribution in [-0.4, -0.2) is 4.98 Å². The second-order valence-corrected chi connectivity index (χ2v) is 4.81. The van der Waals surface area contributed by atoms with Crippen molar-refractivity contribution in [3.8, 4) is 11.5 Å². The van der Waals surface area contributed by atoms with Crippen LogP contribution in [0.5, 0.6) is 0 Å². The Morgan fingerprint density at radius 2 is 1.89 bits per heavy atom. The van der Waals surface area contributed by atoms with Crippen molar-refractivity contribution in [1.29, 1.82) is 0 Å². The fourth-order valence-corrected chi connectivity index (χ4v) is 2.10. The summed E-state index contributed by atoms with van der Waals surface area (Å²) in [5, 5.41) is 0.443. The molecule has 6 heteroatoms. The van der Waals surface area contributed by atoms with Gasteiger partial charge in [-0.3, -0.25) is 0 Å². The molecule has 0 bridgehead atoms. The second-order valence-electron chi connectivity index (χ2n) is 3.99. The van der Waals surface area contributed by atoms with Crippen molar-refractivity contribution in [2.75, 3.05) is 5.73 Å². The average Bonchev–Trinajstić information content (AvgIpc) is 2.75. The Labute approximate surface area is 117 Å². The number of anilines is 1. The summed E-state index contributed by atoms with van der Waals surface area (Å²) in [7, 11) is 0. The topological polar surface area (TPSA) is 52.0 Å². The van der Waals surface area contributed by atoms with Crippen LogP contribution < -0.4 is 5.73 Å². The van der Waals surface area contributed by atoms with Gasteiger partial charge in [0, 0.05) is 11.8 Å². The standard InChI is InChI=1S/C13H7Cl2FN2O/c14-8-2-1-6(17)3-7(8)13-18-11-4-9(15)10(16)5-12(11)19-13/h1-5H,17H2. The highest BCUT2D eigenvalue weighted by molar-refractivity contribution is 6.33. The molecule has 96 valence electrons. The fraction of sp³-hybridized carbons (Fsp3) is 0. The summed E-state index contributed by atoms with van der Waals surface area (Å²) in [6, 6.07) is 7.55. The third kappa shape index (κ3) is 2.13. The summed E-state index contributed by atoms with van der Waals surface area (Å²) in [6.07, 6.45) is 0. The van der Waals surface area contributed by atoms with E-state index in [1.165, 1.54) is 12.1 Å². The molecule has 0 atom stereocenters. The number of hydrogen-bond donors (Lipinski definition) is 1. The van der Waals surface area contributed by atoms with Gasteiger partial charge in [-0.05, 0) is 24.3 Å². The molecule has 0 spiro atoms. The number of nitrogens with zero attached hydrogens (tertiary/aromatic N) is 1. The summed E-state index contributed by atoms with van der Waals surface area (Å²) in [6.45, 7) is 0. The van der Waals surface area contributed by atoms with Crippen LogP contribution in [0.25, 0.3) is 22.6 Å². The summed E-state index contributed by atoms with van der Waals surface area (Å²) >= 11 is 11.8. The molecule has 19 heavy (non-hydrogen) atoms. The molecule has 1 aromatic heterocycles. The number of rotatable bonds is 1. The molecule has 3 rings (SSSR count). The van der Waals surface area contributed by atoms with E-state index in [0.29, 0.717) is 27.4 Å². The summed E-state index contributed by atoms with van der Waals surface area (Å²) in [5.74, 6) is -0.287. The highest BCUT2D eigenvalue weighted by atomic mass is 35.5. The Bertz CT molecular complexity index is 747. The Kier molecular flexibility index (Phi) is 2.84. The molecule has 0 aliphatic rings. The molecular formula is C13H7Cl2FN2O. The average molecular weight is 297 g/mol. The number of nitrogen functional groups attached to an aromatic ring is 1. The summed E-state index contributed by atoms with van der Waals surface area (Å²) < 4.78 is 18.8. The maximum Gasteiger partial charge on any atom is 0.228 e. The molecule has 0 saturated heterocycles. The van der Waals surface area contributed by atoms with Crippen LogP contribution in [0, 0.1) is 5.82 Å². The SMILES string of the molecule is Nc1ccc(Cl)c(-c2nc3cc(Cl)c(F)cc3o2)c1. The quantitative estimate of drug-likeness (QED) is 0.672. The van der Waals surface area contributed by atoms with Crippen molar-refractivity contribution < 1.29 is 8.81 Å². The zero-order valence-corrected chi connectivity index (χ0v) is 11.0. The van der Waals surface area contributed by atoms with Crippen LogP contribution in [0.15, 0.2) is 34.7 Å². The van der Waals surface area contributed by atoms with Crippen molar-refractivity contribution in [1.82, 2.24) is 4.98 Å². The molecule has 0 saturated carbocycles. The first kappa shape index (κ1) is 12.3. The van der Waals surface area contributed by atoms with Gasteiger partial charge in [-0.1, -0.05) is 23.2 Å². The number of benzene rings is 2. The first-order valence-electron chi connectivity index (χ1n) is 5.35. The van der Waals surface area contributed by atoms with E-state index in [1.54, 1.807) is 18.2 Å². The lowest BCUT2D eigenvalue weighted by Gasteiger charge is -2.00. The highest BCUT2D eigenvalue weighted by Gasteiger charge is 2.14. The molecule has 0 radical (unpaired) electrons. The van der Waals surface area contributed by atoms with Crippen molar-refractivity contribution in [2.45, 2.75) is 0 Å². The molecular weight excluding hydrogens is 290 g/mol. The van der Waals surface area contributed by atoms with Crippen LogP contribution in [0.1, 0.15) is 0 Å². The molecule has 0 fully saturated rings. The van der Waals surface area contributed by atoms with Gasteiger partial charge in [0.05, 0.1) is 15.6 Å². The number of fused-ring (bicyclic) bond motifs is 1. The Hall–Kier alpha value is -1.78. The van der Waals surface area contributed by atoms with Gasteiger partial charge in [0.25, 0.3) is 0 Å². The molecule has 0 aliphatic heterocycles. The first-order valence-corrected chi connectivity index (χ1v) is 6.11. The van der Waals surface area contributed by atoms with Crippen LogP contribution in [-0.2, 0) is 0 Å². The number of hydrogen-bond acceptors (Lipinski definition) is 3. The van der Waals surface area contributed by atoms with Gasteiger partial charge in [0.2, 0.25) is 5.89 Å². The van der Waals surface area contributed by atoms with E-state index in [1.807, 2.05) is 0 Å². The van der Waals surface area contributed by atoms with Crippen LogP contribution in [0.4, 0.5) is 10.1 Å². The molecule has 3 nitrogen and oxygen atoms in total. The van der Waals surface area contributed by atoms with Crippen molar-refractivity contribution in [3.05, 3.63) is 46.2 Å².